The number of hydrogen-bond donors (Lipinski definition) is 1. The minimum absolute atomic E-state index is 0.0665. The van der Waals surface area contributed by atoms with Crippen molar-refractivity contribution >= 4 is 23.4 Å². The first-order chi connectivity index (χ1) is 16.5. The Kier molecular flexibility index (Phi) is 7.81. The van der Waals surface area contributed by atoms with Crippen LogP contribution in [0.5, 0.6) is 17.2 Å². The molecule has 0 aliphatic heterocycles. The van der Waals surface area contributed by atoms with Crippen LogP contribution < -0.4 is 19.5 Å². The zero-order valence-corrected chi connectivity index (χ0v) is 18.5. The number of anilines is 1. The molecule has 3 rings (SSSR count). The Morgan fingerprint density at radius 1 is 1.09 bits per heavy atom. The third kappa shape index (κ3) is 5.69. The van der Waals surface area contributed by atoms with Gasteiger partial charge in [-0.05, 0) is 29.8 Å². The maximum atomic E-state index is 12.8. The minimum Gasteiger partial charge on any atom is -0.496 e. The van der Waals surface area contributed by atoms with E-state index in [-0.39, 0.29) is 29.3 Å². The second-order valence-electron chi connectivity index (χ2n) is 6.92. The van der Waals surface area contributed by atoms with Gasteiger partial charge in [-0.2, -0.15) is 5.26 Å². The van der Waals surface area contributed by atoms with Crippen molar-refractivity contribution in [3.05, 3.63) is 93.5 Å². The number of para-hydroxylation sites is 1. The van der Waals surface area contributed by atoms with Gasteiger partial charge < -0.3 is 19.5 Å². The molecule has 0 bridgehead atoms. The van der Waals surface area contributed by atoms with Gasteiger partial charge >= 0.3 is 0 Å². The van der Waals surface area contributed by atoms with Gasteiger partial charge in [0, 0.05) is 5.56 Å². The lowest BCUT2D eigenvalue weighted by molar-refractivity contribution is -0.384. The lowest BCUT2D eigenvalue weighted by Gasteiger charge is -2.14. The van der Waals surface area contributed by atoms with E-state index < -0.39 is 10.8 Å². The lowest BCUT2D eigenvalue weighted by atomic mass is 10.1. The highest BCUT2D eigenvalue weighted by molar-refractivity contribution is 6.10. The average Bonchev–Trinajstić information content (AvgIpc) is 2.86. The summed E-state index contributed by atoms with van der Waals surface area (Å²) in [6.07, 6.45) is 1.34. The summed E-state index contributed by atoms with van der Waals surface area (Å²) in [5.41, 5.74) is 0.656. The Hall–Kier alpha value is -4.84. The van der Waals surface area contributed by atoms with Crippen LogP contribution in [0.15, 0.2) is 72.3 Å². The van der Waals surface area contributed by atoms with Crippen molar-refractivity contribution in [3.8, 4) is 23.3 Å². The molecule has 0 spiro atoms. The minimum atomic E-state index is -0.812. The standard InChI is InChI=1S/C25H21N3O6/c1-32-20-11-12-21(22(14-20)28(30)31)27-25(29)19(15-26)13-18-9-6-10-23(33-2)24(18)34-16-17-7-4-3-5-8-17/h3-14H,16H2,1-2H3,(H,27,29). The summed E-state index contributed by atoms with van der Waals surface area (Å²) in [6.45, 7) is 0.244. The third-order valence-corrected chi connectivity index (χ3v) is 4.77. The van der Waals surface area contributed by atoms with Crippen LogP contribution in [-0.4, -0.2) is 25.1 Å². The molecule has 172 valence electrons. The number of amides is 1. The molecule has 0 atom stereocenters. The van der Waals surface area contributed by atoms with Crippen molar-refractivity contribution in [1.82, 2.24) is 0 Å². The van der Waals surface area contributed by atoms with Gasteiger partial charge in [-0.1, -0.05) is 42.5 Å². The fraction of sp³-hybridized carbons (Fsp3) is 0.120. The molecule has 3 aromatic carbocycles. The van der Waals surface area contributed by atoms with Crippen LogP contribution in [0, 0.1) is 21.4 Å². The second-order valence-corrected chi connectivity index (χ2v) is 6.92. The van der Waals surface area contributed by atoms with E-state index in [1.807, 2.05) is 36.4 Å². The van der Waals surface area contributed by atoms with E-state index in [0.29, 0.717) is 17.1 Å². The molecular formula is C25H21N3O6. The monoisotopic (exact) mass is 459 g/mol. The fourth-order valence-corrected chi connectivity index (χ4v) is 3.08. The van der Waals surface area contributed by atoms with Gasteiger partial charge in [0.25, 0.3) is 11.6 Å². The van der Waals surface area contributed by atoms with E-state index in [0.717, 1.165) is 5.56 Å². The first-order valence-electron chi connectivity index (χ1n) is 10.1. The first kappa shape index (κ1) is 23.8. The van der Waals surface area contributed by atoms with Gasteiger partial charge in [-0.15, -0.1) is 0 Å². The van der Waals surface area contributed by atoms with Crippen molar-refractivity contribution in [3.63, 3.8) is 0 Å². The predicted octanol–water partition coefficient (Wildman–Crippen LogP) is 4.74. The summed E-state index contributed by atoms with van der Waals surface area (Å²) < 4.78 is 16.3. The smallest absolute Gasteiger partial charge is 0.296 e. The summed E-state index contributed by atoms with van der Waals surface area (Å²) in [6, 6.07) is 20.4. The van der Waals surface area contributed by atoms with Crippen LogP contribution in [0.25, 0.3) is 6.08 Å². The number of carbonyl (C=O) groups excluding carboxylic acids is 1. The highest BCUT2D eigenvalue weighted by atomic mass is 16.6. The molecule has 9 nitrogen and oxygen atoms in total. The molecule has 0 aliphatic carbocycles. The second kappa shape index (κ2) is 11.2. The number of carbonyl (C=O) groups is 1. The molecule has 9 heteroatoms. The molecule has 1 amide bonds. The van der Waals surface area contributed by atoms with E-state index in [4.69, 9.17) is 14.2 Å². The molecule has 0 saturated heterocycles. The van der Waals surface area contributed by atoms with Crippen LogP contribution in [0.4, 0.5) is 11.4 Å². The van der Waals surface area contributed by atoms with Gasteiger partial charge in [0.1, 0.15) is 29.7 Å². The van der Waals surface area contributed by atoms with Gasteiger partial charge in [0.2, 0.25) is 0 Å². The number of rotatable bonds is 9. The summed E-state index contributed by atoms with van der Waals surface area (Å²) in [5, 5.41) is 23.4. The predicted molar refractivity (Wildman–Crippen MR) is 126 cm³/mol. The van der Waals surface area contributed by atoms with E-state index in [1.54, 1.807) is 18.2 Å². The molecular weight excluding hydrogens is 438 g/mol. The molecule has 3 aromatic rings. The summed E-state index contributed by atoms with van der Waals surface area (Å²) in [5.74, 6) is 0.225. The summed E-state index contributed by atoms with van der Waals surface area (Å²) >= 11 is 0. The van der Waals surface area contributed by atoms with Crippen LogP contribution in [-0.2, 0) is 11.4 Å². The lowest BCUT2D eigenvalue weighted by Crippen LogP contribution is -2.14. The average molecular weight is 459 g/mol. The highest BCUT2D eigenvalue weighted by Crippen LogP contribution is 2.34. The number of nitrogens with zero attached hydrogens (tertiary/aromatic N) is 2. The fourth-order valence-electron chi connectivity index (χ4n) is 3.08. The van der Waals surface area contributed by atoms with Crippen molar-refractivity contribution in [2.45, 2.75) is 6.61 Å². The first-order valence-corrected chi connectivity index (χ1v) is 10.1. The summed E-state index contributed by atoms with van der Waals surface area (Å²) in [7, 11) is 2.86. The SMILES string of the molecule is COc1ccc(NC(=O)C(C#N)=Cc2cccc(OC)c2OCc2ccccc2)c([N+](=O)[O-])c1. The largest absolute Gasteiger partial charge is 0.496 e. The molecule has 0 radical (unpaired) electrons. The third-order valence-electron chi connectivity index (χ3n) is 4.77. The molecule has 0 saturated carbocycles. The number of nitro groups is 1. The number of methoxy groups -OCH3 is 2. The van der Waals surface area contributed by atoms with Crippen molar-refractivity contribution in [2.24, 2.45) is 0 Å². The van der Waals surface area contributed by atoms with Crippen LogP contribution in [0.2, 0.25) is 0 Å². The van der Waals surface area contributed by atoms with Crippen LogP contribution in [0.1, 0.15) is 11.1 Å². The van der Waals surface area contributed by atoms with E-state index in [9.17, 15) is 20.2 Å². The van der Waals surface area contributed by atoms with Crippen LogP contribution in [0.3, 0.4) is 0 Å². The molecule has 0 aliphatic rings. The Balaban J connectivity index is 1.91. The molecule has 1 N–H and O–H groups in total. The summed E-state index contributed by atoms with van der Waals surface area (Å²) in [4.78, 5) is 23.5. The van der Waals surface area contributed by atoms with E-state index in [1.165, 1.54) is 38.5 Å². The quantitative estimate of drug-likeness (QED) is 0.212. The van der Waals surface area contributed by atoms with Crippen LogP contribution >= 0.6 is 0 Å². The van der Waals surface area contributed by atoms with Gasteiger partial charge in [0.15, 0.2) is 11.5 Å². The van der Waals surface area contributed by atoms with Gasteiger partial charge in [-0.3, -0.25) is 14.9 Å². The maximum absolute atomic E-state index is 12.8. The van der Waals surface area contributed by atoms with Crippen molar-refractivity contribution in [1.29, 1.82) is 5.26 Å². The Bertz CT molecular complexity index is 1270. The number of nitrogens with one attached hydrogen (secondary N) is 1. The highest BCUT2D eigenvalue weighted by Gasteiger charge is 2.20. The number of benzene rings is 3. The normalized spacial score (nSPS) is 10.7. The van der Waals surface area contributed by atoms with Crippen molar-refractivity contribution < 1.29 is 23.9 Å². The van der Waals surface area contributed by atoms with E-state index >= 15 is 0 Å². The molecule has 34 heavy (non-hydrogen) atoms. The maximum Gasteiger partial charge on any atom is 0.296 e. The molecule has 0 fully saturated rings. The van der Waals surface area contributed by atoms with Gasteiger partial charge in [-0.25, -0.2) is 0 Å². The zero-order chi connectivity index (χ0) is 24.5. The molecule has 0 unspecified atom stereocenters. The van der Waals surface area contributed by atoms with Gasteiger partial charge in [0.05, 0.1) is 25.2 Å². The Morgan fingerprint density at radius 3 is 2.50 bits per heavy atom. The number of nitriles is 1. The Labute approximate surface area is 196 Å². The van der Waals surface area contributed by atoms with Crippen molar-refractivity contribution in [2.75, 3.05) is 19.5 Å². The molecule has 0 aromatic heterocycles. The topological polar surface area (TPSA) is 124 Å². The zero-order valence-electron chi connectivity index (χ0n) is 18.5. The number of hydrogen-bond acceptors (Lipinski definition) is 7. The Morgan fingerprint density at radius 2 is 1.85 bits per heavy atom. The number of ether oxygens (including phenoxy) is 3. The van der Waals surface area contributed by atoms with E-state index in [2.05, 4.69) is 5.32 Å². The molecule has 0 heterocycles. The number of nitro benzene ring substituents is 1.